The van der Waals surface area contributed by atoms with Crippen LogP contribution < -0.4 is 0 Å². The van der Waals surface area contributed by atoms with Gasteiger partial charge in [0.05, 0.1) is 0 Å². The Hall–Kier alpha value is -1.70. The Labute approximate surface area is 72.3 Å². The molecule has 0 saturated heterocycles. The first kappa shape index (κ1) is 6.98. The van der Waals surface area contributed by atoms with E-state index in [2.05, 4.69) is 17.7 Å². The van der Waals surface area contributed by atoms with Gasteiger partial charge >= 0.3 is 0 Å². The molecule has 0 bridgehead atoms. The predicted molar refractivity (Wildman–Crippen MR) is 50.4 cm³/mol. The average molecular weight is 152 g/mol. The normalized spacial score (nSPS) is 18.8. The zero-order chi connectivity index (χ0) is 8.39. The van der Waals surface area contributed by atoms with Crippen LogP contribution in [0.25, 0.3) is 0 Å². The minimum absolute atomic E-state index is 0.886. The van der Waals surface area contributed by atoms with Crippen molar-refractivity contribution >= 4 is 0 Å². The van der Waals surface area contributed by atoms with E-state index in [-0.39, 0.29) is 0 Å². The lowest BCUT2D eigenvalue weighted by molar-refractivity contribution is 1.16. The Morgan fingerprint density at radius 2 is 2.25 bits per heavy atom. The maximum absolute atomic E-state index is 5.31. The highest BCUT2D eigenvalue weighted by Gasteiger charge is 2.09. The van der Waals surface area contributed by atoms with E-state index in [1.807, 2.05) is 24.3 Å². The van der Waals surface area contributed by atoms with Gasteiger partial charge in [-0.25, -0.2) is 0 Å². The third-order valence-electron chi connectivity index (χ3n) is 2.02. The maximum Gasteiger partial charge on any atom is 0.00618 e. The van der Waals surface area contributed by atoms with E-state index in [0.717, 1.165) is 12.0 Å². The Balaban J connectivity index is 2.44. The summed E-state index contributed by atoms with van der Waals surface area (Å²) in [5, 5.41) is 0. The number of rotatable bonds is 0. The lowest BCUT2D eigenvalue weighted by atomic mass is 9.91. The van der Waals surface area contributed by atoms with E-state index in [0.29, 0.717) is 0 Å². The van der Waals surface area contributed by atoms with Gasteiger partial charge in [-0.05, 0) is 29.4 Å². The Morgan fingerprint density at radius 1 is 1.33 bits per heavy atom. The molecule has 0 unspecified atom stereocenters. The second-order valence-electron chi connectivity index (χ2n) is 2.80. The molecule has 0 heteroatoms. The highest BCUT2D eigenvalue weighted by Crippen LogP contribution is 2.26. The van der Waals surface area contributed by atoms with Crippen molar-refractivity contribution in [1.29, 1.82) is 0 Å². The van der Waals surface area contributed by atoms with E-state index in [1.165, 1.54) is 11.1 Å². The average Bonchev–Trinajstić information content (AvgIpc) is 2.17. The highest BCUT2D eigenvalue weighted by molar-refractivity contribution is 5.54. The maximum atomic E-state index is 5.31. The third kappa shape index (κ3) is 1.07. The van der Waals surface area contributed by atoms with Crippen molar-refractivity contribution in [3.8, 4) is 12.3 Å². The van der Waals surface area contributed by atoms with Crippen molar-refractivity contribution in [3.05, 3.63) is 52.8 Å². The van der Waals surface area contributed by atoms with Crippen LogP contribution in [-0.4, -0.2) is 0 Å². The minimum atomic E-state index is 0.886. The summed E-state index contributed by atoms with van der Waals surface area (Å²) in [6, 6.07) is 0. The Kier molecular flexibility index (Phi) is 1.59. The van der Waals surface area contributed by atoms with E-state index < -0.39 is 0 Å². The molecule has 12 heavy (non-hydrogen) atoms. The fourth-order valence-electron chi connectivity index (χ4n) is 1.35. The zero-order valence-corrected chi connectivity index (χ0v) is 6.67. The summed E-state index contributed by atoms with van der Waals surface area (Å²) in [5.74, 6) is 2.66. The van der Waals surface area contributed by atoms with E-state index in [9.17, 15) is 0 Å². The molecule has 0 atom stereocenters. The first-order valence-electron chi connectivity index (χ1n) is 3.89. The molecular formula is C12H8. The second kappa shape index (κ2) is 2.74. The standard InChI is InChI=1S/C12H8/c1-2-10-7-8-11-5-3-4-6-12(11)9-10/h1,4-8H,9H2. The van der Waals surface area contributed by atoms with Gasteiger partial charge < -0.3 is 0 Å². The molecule has 0 aromatic rings. The molecule has 0 N–H and O–H groups in total. The number of hydrogen-bond donors (Lipinski definition) is 0. The molecule has 2 rings (SSSR count). The summed E-state index contributed by atoms with van der Waals surface area (Å²) >= 11 is 0. The van der Waals surface area contributed by atoms with Crippen LogP contribution in [0.5, 0.6) is 0 Å². The van der Waals surface area contributed by atoms with Gasteiger partial charge in [-0.15, -0.1) is 12.2 Å². The first-order valence-corrected chi connectivity index (χ1v) is 3.89. The van der Waals surface area contributed by atoms with Gasteiger partial charge in [0.25, 0.3) is 0 Å². The molecule has 0 heterocycles. The molecule has 0 radical (unpaired) electrons. The zero-order valence-electron chi connectivity index (χ0n) is 6.67. The molecule has 0 aromatic carbocycles. The van der Waals surface area contributed by atoms with Gasteiger partial charge in [-0.3, -0.25) is 0 Å². The minimum Gasteiger partial charge on any atom is -0.120 e. The Bertz CT molecular complexity index is 400. The first-order chi connectivity index (χ1) is 5.90. The second-order valence-corrected chi connectivity index (χ2v) is 2.80. The monoisotopic (exact) mass is 152 g/mol. The van der Waals surface area contributed by atoms with Crippen LogP contribution in [0.1, 0.15) is 6.42 Å². The van der Waals surface area contributed by atoms with Crippen molar-refractivity contribution in [2.45, 2.75) is 6.42 Å². The topological polar surface area (TPSA) is 0 Å². The predicted octanol–water partition coefficient (Wildman–Crippen LogP) is 2.53. The molecular weight excluding hydrogens is 144 g/mol. The fraction of sp³-hybridized carbons (Fsp3) is 0.0833. The van der Waals surface area contributed by atoms with Gasteiger partial charge in [-0.2, -0.15) is 0 Å². The lowest BCUT2D eigenvalue weighted by Crippen LogP contribution is -1.95. The summed E-state index contributed by atoms with van der Waals surface area (Å²) in [6.07, 6.45) is 16.2. The van der Waals surface area contributed by atoms with Crippen LogP contribution in [0.3, 0.4) is 0 Å². The third-order valence-corrected chi connectivity index (χ3v) is 2.02. The molecule has 0 amide bonds. The SMILES string of the molecule is C#CC1=CC=C2C=C=CC=C2C1. The van der Waals surface area contributed by atoms with Crippen molar-refractivity contribution in [2.24, 2.45) is 0 Å². The molecule has 0 aliphatic heterocycles. The summed E-state index contributed by atoms with van der Waals surface area (Å²) in [7, 11) is 0. The lowest BCUT2D eigenvalue weighted by Gasteiger charge is -2.13. The summed E-state index contributed by atoms with van der Waals surface area (Å²) < 4.78 is 0. The van der Waals surface area contributed by atoms with Gasteiger partial charge in [0.2, 0.25) is 0 Å². The molecule has 0 aromatic heterocycles. The molecule has 2 aliphatic carbocycles. The fourth-order valence-corrected chi connectivity index (χ4v) is 1.35. The summed E-state index contributed by atoms with van der Waals surface area (Å²) in [4.78, 5) is 0. The number of allylic oxidation sites excluding steroid dienone is 7. The molecule has 0 nitrogen and oxygen atoms in total. The van der Waals surface area contributed by atoms with E-state index in [4.69, 9.17) is 6.42 Å². The molecule has 0 spiro atoms. The van der Waals surface area contributed by atoms with Gasteiger partial charge in [0, 0.05) is 12.0 Å². The summed E-state index contributed by atoms with van der Waals surface area (Å²) in [5.41, 5.74) is 6.62. The number of fused-ring (bicyclic) bond motifs is 1. The van der Waals surface area contributed by atoms with Gasteiger partial charge in [0.15, 0.2) is 0 Å². The van der Waals surface area contributed by atoms with Crippen molar-refractivity contribution in [2.75, 3.05) is 0 Å². The smallest absolute Gasteiger partial charge is 0.00618 e. The van der Waals surface area contributed by atoms with Crippen LogP contribution >= 0.6 is 0 Å². The molecule has 2 aliphatic rings. The van der Waals surface area contributed by atoms with Crippen molar-refractivity contribution in [1.82, 2.24) is 0 Å². The van der Waals surface area contributed by atoms with E-state index in [1.54, 1.807) is 0 Å². The molecule has 0 fully saturated rings. The largest absolute Gasteiger partial charge is 0.120 e. The van der Waals surface area contributed by atoms with Crippen LogP contribution in [-0.2, 0) is 0 Å². The van der Waals surface area contributed by atoms with Crippen molar-refractivity contribution < 1.29 is 0 Å². The van der Waals surface area contributed by atoms with Gasteiger partial charge in [-0.1, -0.05) is 18.1 Å². The van der Waals surface area contributed by atoms with Crippen molar-refractivity contribution in [3.63, 3.8) is 0 Å². The Morgan fingerprint density at radius 3 is 3.08 bits per heavy atom. The molecule has 0 saturated carbocycles. The van der Waals surface area contributed by atoms with Crippen LogP contribution in [0, 0.1) is 12.3 Å². The summed E-state index contributed by atoms with van der Waals surface area (Å²) in [6.45, 7) is 0. The number of terminal acetylenes is 1. The molecule has 56 valence electrons. The van der Waals surface area contributed by atoms with Gasteiger partial charge in [0.1, 0.15) is 0 Å². The highest BCUT2D eigenvalue weighted by atomic mass is 14.1. The quantitative estimate of drug-likeness (QED) is 0.369. The number of hydrogen-bond acceptors (Lipinski definition) is 0. The van der Waals surface area contributed by atoms with Crippen LogP contribution in [0.15, 0.2) is 52.8 Å². The van der Waals surface area contributed by atoms with E-state index >= 15 is 0 Å². The van der Waals surface area contributed by atoms with Crippen LogP contribution in [0.4, 0.5) is 0 Å². The van der Waals surface area contributed by atoms with Crippen LogP contribution in [0.2, 0.25) is 0 Å².